The molecule has 1 N–H and O–H groups in total. The summed E-state index contributed by atoms with van der Waals surface area (Å²) in [6, 6.07) is 4.01. The van der Waals surface area contributed by atoms with E-state index in [-0.39, 0.29) is 5.41 Å². The smallest absolute Gasteiger partial charge is 0.142 e. The first-order valence-corrected chi connectivity index (χ1v) is 8.35. The van der Waals surface area contributed by atoms with E-state index in [1.807, 2.05) is 18.3 Å². The van der Waals surface area contributed by atoms with Crippen molar-refractivity contribution < 1.29 is 0 Å². The second-order valence-corrected chi connectivity index (χ2v) is 7.68. The van der Waals surface area contributed by atoms with Crippen molar-refractivity contribution in [3.05, 3.63) is 33.4 Å². The van der Waals surface area contributed by atoms with Gasteiger partial charge in [0.25, 0.3) is 0 Å². The Morgan fingerprint density at radius 2 is 2.05 bits per heavy atom. The molecule has 0 radical (unpaired) electrons. The van der Waals surface area contributed by atoms with Crippen molar-refractivity contribution in [3.8, 4) is 10.7 Å². The van der Waals surface area contributed by atoms with Crippen LogP contribution in [0.1, 0.15) is 38.3 Å². The van der Waals surface area contributed by atoms with E-state index in [0.29, 0.717) is 0 Å². The first kappa shape index (κ1) is 15.6. The first-order valence-electron chi connectivity index (χ1n) is 6.74. The van der Waals surface area contributed by atoms with E-state index in [1.54, 1.807) is 11.3 Å². The standard InChI is InChI=1S/C15H20BrN3S/c1-5-17-9-12-13(15(2,3)4)19-14(20-12)11-7-6-10(16)8-18-11/h6-8,17H,5,9H2,1-4H3. The van der Waals surface area contributed by atoms with Gasteiger partial charge < -0.3 is 5.32 Å². The van der Waals surface area contributed by atoms with Crippen LogP contribution >= 0.6 is 27.3 Å². The zero-order valence-electron chi connectivity index (χ0n) is 12.3. The molecule has 0 fully saturated rings. The van der Waals surface area contributed by atoms with Gasteiger partial charge in [0.1, 0.15) is 5.01 Å². The molecule has 0 spiro atoms. The predicted molar refractivity (Wildman–Crippen MR) is 89.1 cm³/mol. The van der Waals surface area contributed by atoms with Crippen molar-refractivity contribution in [2.24, 2.45) is 0 Å². The summed E-state index contributed by atoms with van der Waals surface area (Å²) >= 11 is 5.15. The Kier molecular flexibility index (Phi) is 4.94. The second kappa shape index (κ2) is 6.33. The molecule has 5 heteroatoms. The molecule has 0 aliphatic carbocycles. The molecule has 0 saturated heterocycles. The second-order valence-electron chi connectivity index (χ2n) is 5.68. The molecule has 3 nitrogen and oxygen atoms in total. The third kappa shape index (κ3) is 3.65. The number of aromatic nitrogens is 2. The van der Waals surface area contributed by atoms with Crippen molar-refractivity contribution in [1.82, 2.24) is 15.3 Å². The summed E-state index contributed by atoms with van der Waals surface area (Å²) in [6.45, 7) is 10.6. The molecule has 0 aliphatic heterocycles. The molecule has 108 valence electrons. The molecule has 2 aromatic heterocycles. The number of hydrogen-bond donors (Lipinski definition) is 1. The summed E-state index contributed by atoms with van der Waals surface area (Å²) < 4.78 is 0.988. The van der Waals surface area contributed by atoms with Crippen molar-refractivity contribution in [3.63, 3.8) is 0 Å². The van der Waals surface area contributed by atoms with Gasteiger partial charge in [-0.05, 0) is 34.6 Å². The van der Waals surface area contributed by atoms with Gasteiger partial charge in [-0.3, -0.25) is 4.98 Å². The van der Waals surface area contributed by atoms with E-state index in [4.69, 9.17) is 4.98 Å². The highest BCUT2D eigenvalue weighted by molar-refractivity contribution is 9.10. The maximum absolute atomic E-state index is 4.84. The van der Waals surface area contributed by atoms with Gasteiger partial charge in [-0.1, -0.05) is 27.7 Å². The molecule has 2 heterocycles. The molecule has 2 rings (SSSR count). The van der Waals surface area contributed by atoms with Gasteiger partial charge >= 0.3 is 0 Å². The Labute approximate surface area is 133 Å². The highest BCUT2D eigenvalue weighted by Crippen LogP contribution is 2.33. The Balaban J connectivity index is 2.40. The van der Waals surface area contributed by atoms with E-state index < -0.39 is 0 Å². The average Bonchev–Trinajstić information content (AvgIpc) is 2.81. The molecule has 20 heavy (non-hydrogen) atoms. The lowest BCUT2D eigenvalue weighted by molar-refractivity contribution is 0.561. The van der Waals surface area contributed by atoms with Crippen LogP contribution in [0.4, 0.5) is 0 Å². The zero-order valence-corrected chi connectivity index (χ0v) is 14.7. The highest BCUT2D eigenvalue weighted by atomic mass is 79.9. The number of nitrogens with one attached hydrogen (secondary N) is 1. The fourth-order valence-corrected chi connectivity index (χ4v) is 3.36. The Hall–Kier alpha value is -0.780. The van der Waals surface area contributed by atoms with Crippen LogP contribution in [-0.2, 0) is 12.0 Å². The normalized spacial score (nSPS) is 11.8. The minimum atomic E-state index is 0.0505. The van der Waals surface area contributed by atoms with Gasteiger partial charge in [0.15, 0.2) is 0 Å². The summed E-state index contributed by atoms with van der Waals surface area (Å²) in [6.07, 6.45) is 1.82. The third-order valence-electron chi connectivity index (χ3n) is 2.89. The van der Waals surface area contributed by atoms with Crippen LogP contribution in [0, 0.1) is 0 Å². The molecule has 0 aromatic carbocycles. The minimum Gasteiger partial charge on any atom is -0.312 e. The molecule has 0 bridgehead atoms. The van der Waals surface area contributed by atoms with Gasteiger partial charge in [-0.2, -0.15) is 0 Å². The van der Waals surface area contributed by atoms with Crippen molar-refractivity contribution in [2.75, 3.05) is 6.54 Å². The van der Waals surface area contributed by atoms with Crippen LogP contribution in [0.3, 0.4) is 0 Å². The van der Waals surface area contributed by atoms with Crippen molar-refractivity contribution in [2.45, 2.75) is 39.7 Å². The SMILES string of the molecule is CCNCc1sc(-c2ccc(Br)cn2)nc1C(C)(C)C. The average molecular weight is 354 g/mol. The number of halogens is 1. The topological polar surface area (TPSA) is 37.8 Å². The summed E-state index contributed by atoms with van der Waals surface area (Å²) in [7, 11) is 0. The van der Waals surface area contributed by atoms with Crippen LogP contribution in [0.2, 0.25) is 0 Å². The lowest BCUT2D eigenvalue weighted by atomic mass is 9.91. The molecular weight excluding hydrogens is 334 g/mol. The van der Waals surface area contributed by atoms with E-state index in [2.05, 4.69) is 53.9 Å². The molecule has 0 saturated carbocycles. The van der Waals surface area contributed by atoms with Gasteiger partial charge in [-0.15, -0.1) is 11.3 Å². The van der Waals surface area contributed by atoms with Crippen LogP contribution < -0.4 is 5.32 Å². The molecule has 2 aromatic rings. The van der Waals surface area contributed by atoms with Crippen LogP contribution in [0.5, 0.6) is 0 Å². The Morgan fingerprint density at radius 3 is 2.60 bits per heavy atom. The minimum absolute atomic E-state index is 0.0505. The molecular formula is C15H20BrN3S. The number of thiazole rings is 1. The van der Waals surface area contributed by atoms with Crippen LogP contribution in [-0.4, -0.2) is 16.5 Å². The Bertz CT molecular complexity index is 570. The molecule has 0 atom stereocenters. The van der Waals surface area contributed by atoms with Crippen molar-refractivity contribution >= 4 is 27.3 Å². The fraction of sp³-hybridized carbons (Fsp3) is 0.467. The lowest BCUT2D eigenvalue weighted by Crippen LogP contribution is -2.18. The summed E-state index contributed by atoms with van der Waals surface area (Å²) in [4.78, 5) is 10.6. The largest absolute Gasteiger partial charge is 0.312 e. The van der Waals surface area contributed by atoms with Crippen molar-refractivity contribution in [1.29, 1.82) is 0 Å². The predicted octanol–water partition coefficient (Wildman–Crippen LogP) is 4.37. The number of pyridine rings is 1. The van der Waals surface area contributed by atoms with E-state index in [1.165, 1.54) is 10.6 Å². The maximum atomic E-state index is 4.84. The zero-order chi connectivity index (χ0) is 14.8. The van der Waals surface area contributed by atoms with E-state index in [9.17, 15) is 0 Å². The van der Waals surface area contributed by atoms with Gasteiger partial charge in [-0.25, -0.2) is 4.98 Å². The molecule has 0 aliphatic rings. The Morgan fingerprint density at radius 1 is 1.30 bits per heavy atom. The van der Waals surface area contributed by atoms with Gasteiger partial charge in [0, 0.05) is 27.5 Å². The van der Waals surface area contributed by atoms with Gasteiger partial charge in [0.05, 0.1) is 11.4 Å². The molecule has 0 amide bonds. The van der Waals surface area contributed by atoms with Gasteiger partial charge in [0.2, 0.25) is 0 Å². The number of hydrogen-bond acceptors (Lipinski definition) is 4. The summed E-state index contributed by atoms with van der Waals surface area (Å²) in [5.74, 6) is 0. The quantitative estimate of drug-likeness (QED) is 0.886. The highest BCUT2D eigenvalue weighted by Gasteiger charge is 2.23. The monoisotopic (exact) mass is 353 g/mol. The van der Waals surface area contributed by atoms with Crippen LogP contribution in [0.25, 0.3) is 10.7 Å². The summed E-state index contributed by atoms with van der Waals surface area (Å²) in [5.41, 5.74) is 2.16. The lowest BCUT2D eigenvalue weighted by Gasteiger charge is -2.17. The number of rotatable bonds is 4. The van der Waals surface area contributed by atoms with E-state index in [0.717, 1.165) is 28.3 Å². The summed E-state index contributed by atoms with van der Waals surface area (Å²) in [5, 5.41) is 4.39. The van der Waals surface area contributed by atoms with Crippen LogP contribution in [0.15, 0.2) is 22.8 Å². The third-order valence-corrected chi connectivity index (χ3v) is 4.44. The van der Waals surface area contributed by atoms with E-state index >= 15 is 0 Å². The fourth-order valence-electron chi connectivity index (χ4n) is 1.91. The molecule has 0 unspecified atom stereocenters. The maximum Gasteiger partial charge on any atom is 0.142 e. The number of nitrogens with zero attached hydrogens (tertiary/aromatic N) is 2. The first-order chi connectivity index (χ1) is 9.41.